The van der Waals surface area contributed by atoms with Crippen LogP contribution in [-0.2, 0) is 22.4 Å². The third-order valence-electron chi connectivity index (χ3n) is 4.20. The highest BCUT2D eigenvalue weighted by atomic mass is 16.5. The van der Waals surface area contributed by atoms with Gasteiger partial charge in [-0.05, 0) is 48.7 Å². The van der Waals surface area contributed by atoms with Crippen LogP contribution in [0.3, 0.4) is 0 Å². The highest BCUT2D eigenvalue weighted by molar-refractivity contribution is 5.99. The van der Waals surface area contributed by atoms with Crippen molar-refractivity contribution in [2.75, 3.05) is 25.5 Å². The van der Waals surface area contributed by atoms with Crippen LogP contribution in [0.25, 0.3) is 0 Å². The van der Waals surface area contributed by atoms with E-state index >= 15 is 0 Å². The summed E-state index contributed by atoms with van der Waals surface area (Å²) in [5.41, 5.74) is 2.57. The first-order valence-corrected chi connectivity index (χ1v) is 9.00. The third-order valence-corrected chi connectivity index (χ3v) is 4.20. The number of hydrogen-bond donors (Lipinski definition) is 1. The molecule has 0 atom stereocenters. The maximum atomic E-state index is 12.6. The van der Waals surface area contributed by atoms with Gasteiger partial charge in [0.2, 0.25) is 11.8 Å². The van der Waals surface area contributed by atoms with Crippen LogP contribution in [0.15, 0.2) is 61.2 Å². The van der Waals surface area contributed by atoms with E-state index < -0.39 is 0 Å². The molecule has 0 aliphatic carbocycles. The summed E-state index contributed by atoms with van der Waals surface area (Å²) in [7, 11) is 1.79. The van der Waals surface area contributed by atoms with E-state index in [-0.39, 0.29) is 18.2 Å². The Labute approximate surface area is 160 Å². The summed E-state index contributed by atoms with van der Waals surface area (Å²) in [6.07, 6.45) is 2.21. The molecule has 5 nitrogen and oxygen atoms in total. The van der Waals surface area contributed by atoms with Gasteiger partial charge < -0.3 is 15.0 Å². The van der Waals surface area contributed by atoms with Crippen LogP contribution in [0.4, 0.5) is 5.69 Å². The number of nitrogens with one attached hydrogen (secondary N) is 1. The zero-order valence-corrected chi connectivity index (χ0v) is 15.9. The number of ether oxygens (including phenoxy) is 1. The van der Waals surface area contributed by atoms with Crippen molar-refractivity contribution in [1.82, 2.24) is 4.90 Å². The Kier molecular flexibility index (Phi) is 7.62. The minimum atomic E-state index is -0.293. The predicted octanol–water partition coefficient (Wildman–Crippen LogP) is 3.45. The maximum Gasteiger partial charge on any atom is 0.247 e. The zero-order chi connectivity index (χ0) is 19.6. The maximum absolute atomic E-state index is 12.6. The minimum Gasteiger partial charge on any atom is -0.494 e. The SMILES string of the molecule is C=CC(=O)Nc1ccccc1CC(=O)N(C)CCc1ccc(OCC)cc1. The Morgan fingerprint density at radius 2 is 1.85 bits per heavy atom. The van der Waals surface area contributed by atoms with E-state index in [0.29, 0.717) is 18.8 Å². The summed E-state index contributed by atoms with van der Waals surface area (Å²) in [4.78, 5) is 25.8. The Balaban J connectivity index is 1.92. The summed E-state index contributed by atoms with van der Waals surface area (Å²) in [5.74, 6) is 0.559. The highest BCUT2D eigenvalue weighted by Gasteiger charge is 2.13. The molecule has 0 fully saturated rings. The Bertz CT molecular complexity index is 784. The van der Waals surface area contributed by atoms with Gasteiger partial charge in [-0.1, -0.05) is 36.9 Å². The highest BCUT2D eigenvalue weighted by Crippen LogP contribution is 2.17. The Hall–Kier alpha value is -3.08. The molecule has 2 amide bonds. The topological polar surface area (TPSA) is 58.6 Å². The fraction of sp³-hybridized carbons (Fsp3) is 0.273. The van der Waals surface area contributed by atoms with Crippen LogP contribution in [0.2, 0.25) is 0 Å². The fourth-order valence-electron chi connectivity index (χ4n) is 2.62. The van der Waals surface area contributed by atoms with Gasteiger partial charge in [0.1, 0.15) is 5.75 Å². The molecule has 0 bridgehead atoms. The number of anilines is 1. The number of hydrogen-bond acceptors (Lipinski definition) is 3. The molecule has 0 unspecified atom stereocenters. The van der Waals surface area contributed by atoms with Crippen molar-refractivity contribution in [2.45, 2.75) is 19.8 Å². The molecule has 2 aromatic carbocycles. The van der Waals surface area contributed by atoms with Gasteiger partial charge >= 0.3 is 0 Å². The molecule has 0 heterocycles. The van der Waals surface area contributed by atoms with Crippen molar-refractivity contribution in [3.63, 3.8) is 0 Å². The summed E-state index contributed by atoms with van der Waals surface area (Å²) in [6.45, 7) is 6.67. The number of amides is 2. The van der Waals surface area contributed by atoms with Crippen LogP contribution in [-0.4, -0.2) is 36.9 Å². The monoisotopic (exact) mass is 366 g/mol. The molecule has 27 heavy (non-hydrogen) atoms. The van der Waals surface area contributed by atoms with Crippen molar-refractivity contribution in [3.8, 4) is 5.75 Å². The molecule has 2 aromatic rings. The molecule has 0 saturated carbocycles. The molecule has 0 aromatic heterocycles. The van der Waals surface area contributed by atoms with Crippen molar-refractivity contribution in [2.24, 2.45) is 0 Å². The molecule has 2 rings (SSSR count). The first-order chi connectivity index (χ1) is 13.0. The summed E-state index contributed by atoms with van der Waals surface area (Å²) in [6, 6.07) is 15.2. The largest absolute Gasteiger partial charge is 0.494 e. The second-order valence-corrected chi connectivity index (χ2v) is 6.17. The van der Waals surface area contributed by atoms with Crippen LogP contribution in [0.5, 0.6) is 5.75 Å². The van der Waals surface area contributed by atoms with Crippen LogP contribution >= 0.6 is 0 Å². The number of benzene rings is 2. The lowest BCUT2D eigenvalue weighted by atomic mass is 10.1. The average molecular weight is 366 g/mol. The standard InChI is InChI=1S/C22H26N2O3/c1-4-21(25)23-20-9-7-6-8-18(20)16-22(26)24(3)15-14-17-10-12-19(13-11-17)27-5-2/h4,6-13H,1,5,14-16H2,2-3H3,(H,23,25). The van der Waals surface area contributed by atoms with Gasteiger partial charge in [0.25, 0.3) is 0 Å². The average Bonchev–Trinajstić information content (AvgIpc) is 2.68. The third kappa shape index (κ3) is 6.29. The molecule has 0 spiro atoms. The lowest BCUT2D eigenvalue weighted by molar-refractivity contribution is -0.129. The molecule has 0 aliphatic heterocycles. The normalized spacial score (nSPS) is 10.1. The molecule has 142 valence electrons. The van der Waals surface area contributed by atoms with E-state index in [1.54, 1.807) is 18.0 Å². The number of carbonyl (C=O) groups excluding carboxylic acids is 2. The van der Waals surface area contributed by atoms with Crippen molar-refractivity contribution in [3.05, 3.63) is 72.3 Å². The van der Waals surface area contributed by atoms with Crippen LogP contribution in [0, 0.1) is 0 Å². The molecular weight excluding hydrogens is 340 g/mol. The van der Waals surface area contributed by atoms with Gasteiger partial charge in [0.05, 0.1) is 13.0 Å². The Morgan fingerprint density at radius 3 is 2.52 bits per heavy atom. The van der Waals surface area contributed by atoms with Crippen LogP contribution in [0.1, 0.15) is 18.1 Å². The molecule has 0 radical (unpaired) electrons. The molecule has 5 heteroatoms. The summed E-state index contributed by atoms with van der Waals surface area (Å²) < 4.78 is 5.44. The minimum absolute atomic E-state index is 0.00115. The first-order valence-electron chi connectivity index (χ1n) is 9.00. The van der Waals surface area contributed by atoms with Crippen molar-refractivity contribution in [1.29, 1.82) is 0 Å². The Morgan fingerprint density at radius 1 is 1.15 bits per heavy atom. The van der Waals surface area contributed by atoms with Gasteiger partial charge in [-0.3, -0.25) is 9.59 Å². The van der Waals surface area contributed by atoms with E-state index in [4.69, 9.17) is 4.74 Å². The van der Waals surface area contributed by atoms with E-state index in [1.807, 2.05) is 49.4 Å². The second kappa shape index (κ2) is 10.2. The predicted molar refractivity (Wildman–Crippen MR) is 108 cm³/mol. The fourth-order valence-corrected chi connectivity index (χ4v) is 2.62. The van der Waals surface area contributed by atoms with Crippen molar-refractivity contribution >= 4 is 17.5 Å². The number of rotatable bonds is 9. The first kappa shape index (κ1) is 20.2. The number of nitrogens with zero attached hydrogens (tertiary/aromatic N) is 1. The molecule has 0 saturated heterocycles. The molecule has 0 aliphatic rings. The van der Waals surface area contributed by atoms with Gasteiger partial charge in [0.15, 0.2) is 0 Å². The van der Waals surface area contributed by atoms with Gasteiger partial charge in [-0.15, -0.1) is 0 Å². The van der Waals surface area contributed by atoms with Gasteiger partial charge in [-0.25, -0.2) is 0 Å². The van der Waals surface area contributed by atoms with Gasteiger partial charge in [0, 0.05) is 19.3 Å². The summed E-state index contributed by atoms with van der Waals surface area (Å²) in [5, 5.41) is 2.74. The summed E-state index contributed by atoms with van der Waals surface area (Å²) >= 11 is 0. The van der Waals surface area contributed by atoms with E-state index in [9.17, 15) is 9.59 Å². The quantitative estimate of drug-likeness (QED) is 0.692. The zero-order valence-electron chi connectivity index (χ0n) is 15.9. The number of likely N-dealkylation sites (N-methyl/N-ethyl adjacent to an activating group) is 1. The van der Waals surface area contributed by atoms with E-state index in [1.165, 1.54) is 6.08 Å². The number of para-hydroxylation sites is 1. The number of carbonyl (C=O) groups is 2. The van der Waals surface area contributed by atoms with E-state index in [2.05, 4.69) is 11.9 Å². The van der Waals surface area contributed by atoms with Gasteiger partial charge in [-0.2, -0.15) is 0 Å². The molecule has 1 N–H and O–H groups in total. The van der Waals surface area contributed by atoms with Crippen LogP contribution < -0.4 is 10.1 Å². The smallest absolute Gasteiger partial charge is 0.247 e. The lowest BCUT2D eigenvalue weighted by Crippen LogP contribution is -2.30. The lowest BCUT2D eigenvalue weighted by Gasteiger charge is -2.18. The second-order valence-electron chi connectivity index (χ2n) is 6.17. The van der Waals surface area contributed by atoms with Crippen molar-refractivity contribution < 1.29 is 14.3 Å². The van der Waals surface area contributed by atoms with E-state index in [0.717, 1.165) is 23.3 Å². The molecular formula is C22H26N2O3.